The van der Waals surface area contributed by atoms with Crippen molar-refractivity contribution in [3.05, 3.63) is 88.5 Å². The Morgan fingerprint density at radius 2 is 1.49 bits per heavy atom. The van der Waals surface area contributed by atoms with Crippen molar-refractivity contribution in [3.8, 4) is 11.5 Å². The smallest absolute Gasteiger partial charge is 0.416 e. The van der Waals surface area contributed by atoms with Crippen molar-refractivity contribution in [2.24, 2.45) is 0 Å². The molecule has 0 atom stereocenters. The third kappa shape index (κ3) is 4.70. The molecule has 1 fully saturated rings. The average Bonchev–Trinajstić information content (AvgIpc) is 3.26. The number of amides is 2. The second kappa shape index (κ2) is 9.94. The topological polar surface area (TPSA) is 59.1 Å². The largest absolute Gasteiger partial charge is 0.493 e. The Labute approximate surface area is 224 Å². The number of piperidine rings is 1. The second-order valence-electron chi connectivity index (χ2n) is 10.1. The van der Waals surface area contributed by atoms with Crippen molar-refractivity contribution in [1.82, 2.24) is 4.90 Å². The van der Waals surface area contributed by atoms with Crippen LogP contribution in [0.15, 0.2) is 60.7 Å². The molecule has 0 N–H and O–H groups in total. The van der Waals surface area contributed by atoms with Crippen LogP contribution in [0.1, 0.15) is 50.2 Å². The van der Waals surface area contributed by atoms with Gasteiger partial charge in [0.2, 0.25) is 0 Å². The molecular formula is C30H29F3N2O4. The molecule has 0 radical (unpaired) electrons. The summed E-state index contributed by atoms with van der Waals surface area (Å²) in [5.41, 5.74) is 2.33. The van der Waals surface area contributed by atoms with E-state index >= 15 is 0 Å². The number of carbonyl (C=O) groups is 2. The monoisotopic (exact) mass is 538 g/mol. The zero-order chi connectivity index (χ0) is 27.9. The number of halogens is 3. The molecule has 3 aromatic rings. The molecule has 39 heavy (non-hydrogen) atoms. The Kier molecular flexibility index (Phi) is 6.78. The zero-order valence-corrected chi connectivity index (χ0v) is 22.0. The Morgan fingerprint density at radius 3 is 2.10 bits per heavy atom. The van der Waals surface area contributed by atoms with E-state index in [1.165, 1.54) is 19.2 Å². The number of methoxy groups -OCH3 is 2. The Morgan fingerprint density at radius 1 is 0.872 bits per heavy atom. The van der Waals surface area contributed by atoms with Gasteiger partial charge in [-0.25, -0.2) is 0 Å². The van der Waals surface area contributed by atoms with Crippen molar-refractivity contribution in [1.29, 1.82) is 0 Å². The van der Waals surface area contributed by atoms with Gasteiger partial charge in [-0.05, 0) is 73.4 Å². The third-order valence-electron chi connectivity index (χ3n) is 7.90. The highest BCUT2D eigenvalue weighted by atomic mass is 19.4. The van der Waals surface area contributed by atoms with E-state index in [1.54, 1.807) is 29.0 Å². The van der Waals surface area contributed by atoms with Crippen molar-refractivity contribution in [2.75, 3.05) is 38.8 Å². The lowest BCUT2D eigenvalue weighted by Crippen LogP contribution is -2.47. The minimum absolute atomic E-state index is 0.138. The standard InChI is InChI=1S/C30H29F3N2O4/c1-19-16-25(38-2)26(39-3)17-22(19)28(37)35-18-29(23-6-4-5-7-24(23)35)12-14-34(15-13-29)27(36)20-8-10-21(11-9-20)30(31,32)33/h4-11,16-17H,12-15,18H2,1-3H3. The molecule has 0 bridgehead atoms. The van der Waals surface area contributed by atoms with Crippen LogP contribution in [0.2, 0.25) is 0 Å². The first-order valence-corrected chi connectivity index (χ1v) is 12.7. The molecular weight excluding hydrogens is 509 g/mol. The summed E-state index contributed by atoms with van der Waals surface area (Å²) in [7, 11) is 3.08. The van der Waals surface area contributed by atoms with Gasteiger partial charge < -0.3 is 19.3 Å². The van der Waals surface area contributed by atoms with Crippen LogP contribution in [0.25, 0.3) is 0 Å². The first-order chi connectivity index (χ1) is 18.6. The van der Waals surface area contributed by atoms with Crippen LogP contribution in [0.4, 0.5) is 18.9 Å². The average molecular weight is 539 g/mol. The quantitative estimate of drug-likeness (QED) is 0.417. The molecule has 2 aliphatic rings. The first-order valence-electron chi connectivity index (χ1n) is 12.7. The normalized spacial score (nSPS) is 16.3. The number of fused-ring (bicyclic) bond motifs is 2. The number of nitrogens with zero attached hydrogens (tertiary/aromatic N) is 2. The molecule has 0 aliphatic carbocycles. The molecule has 5 rings (SSSR count). The van der Waals surface area contributed by atoms with Crippen LogP contribution in [0.3, 0.4) is 0 Å². The number of alkyl halides is 3. The number of likely N-dealkylation sites (tertiary alicyclic amines) is 1. The van der Waals surface area contributed by atoms with Gasteiger partial charge in [-0.1, -0.05) is 18.2 Å². The number of hydrogen-bond acceptors (Lipinski definition) is 4. The molecule has 0 saturated carbocycles. The maximum atomic E-state index is 13.9. The summed E-state index contributed by atoms with van der Waals surface area (Å²) in [4.78, 5) is 30.4. The number of anilines is 1. The molecule has 1 saturated heterocycles. The SMILES string of the molecule is COc1cc(C)c(C(=O)N2CC3(CCN(C(=O)c4ccc(C(F)(F)F)cc4)CC3)c3ccccc32)cc1OC. The van der Waals surface area contributed by atoms with Crippen molar-refractivity contribution in [2.45, 2.75) is 31.4 Å². The van der Waals surface area contributed by atoms with Crippen LogP contribution in [-0.2, 0) is 11.6 Å². The van der Waals surface area contributed by atoms with Crippen molar-refractivity contribution >= 4 is 17.5 Å². The molecule has 2 amide bonds. The lowest BCUT2D eigenvalue weighted by molar-refractivity contribution is -0.137. The highest BCUT2D eigenvalue weighted by Crippen LogP contribution is 2.48. The van der Waals surface area contributed by atoms with Crippen LogP contribution in [0.5, 0.6) is 11.5 Å². The summed E-state index contributed by atoms with van der Waals surface area (Å²) < 4.78 is 49.6. The van der Waals surface area contributed by atoms with E-state index in [2.05, 4.69) is 0 Å². The second-order valence-corrected chi connectivity index (χ2v) is 10.1. The maximum absolute atomic E-state index is 13.9. The van der Waals surface area contributed by atoms with Gasteiger partial charge in [0, 0.05) is 41.9 Å². The number of ether oxygens (including phenoxy) is 2. The molecule has 204 valence electrons. The molecule has 1 spiro atoms. The van der Waals surface area contributed by atoms with Crippen LogP contribution in [-0.4, -0.2) is 50.6 Å². The fourth-order valence-electron chi connectivity index (χ4n) is 5.72. The van der Waals surface area contributed by atoms with Crippen molar-refractivity contribution < 1.29 is 32.2 Å². The van der Waals surface area contributed by atoms with Crippen LogP contribution < -0.4 is 14.4 Å². The van der Waals surface area contributed by atoms with Gasteiger partial charge in [-0.3, -0.25) is 9.59 Å². The Hall–Kier alpha value is -4.01. The molecule has 3 aromatic carbocycles. The summed E-state index contributed by atoms with van der Waals surface area (Å²) in [5.74, 6) is 0.596. The molecule has 2 aliphatic heterocycles. The van der Waals surface area contributed by atoms with Gasteiger partial charge in [0.15, 0.2) is 11.5 Å². The molecule has 9 heteroatoms. The van der Waals surface area contributed by atoms with E-state index in [-0.39, 0.29) is 22.8 Å². The van der Waals surface area contributed by atoms with E-state index in [1.807, 2.05) is 31.2 Å². The van der Waals surface area contributed by atoms with E-state index in [0.29, 0.717) is 49.5 Å². The minimum Gasteiger partial charge on any atom is -0.493 e. The lowest BCUT2D eigenvalue weighted by atomic mass is 9.74. The van der Waals surface area contributed by atoms with Gasteiger partial charge in [0.25, 0.3) is 11.8 Å². The summed E-state index contributed by atoms with van der Waals surface area (Å²) in [6, 6.07) is 15.7. The maximum Gasteiger partial charge on any atom is 0.416 e. The van der Waals surface area contributed by atoms with E-state index in [0.717, 1.165) is 28.9 Å². The zero-order valence-electron chi connectivity index (χ0n) is 22.0. The van der Waals surface area contributed by atoms with Crippen LogP contribution in [0, 0.1) is 6.92 Å². The minimum atomic E-state index is -4.45. The van der Waals surface area contributed by atoms with Gasteiger partial charge >= 0.3 is 6.18 Å². The fraction of sp³-hybridized carbons (Fsp3) is 0.333. The van der Waals surface area contributed by atoms with E-state index in [9.17, 15) is 22.8 Å². The summed E-state index contributed by atoms with van der Waals surface area (Å²) in [6.07, 6.45) is -3.19. The summed E-state index contributed by atoms with van der Waals surface area (Å²) in [6.45, 7) is 3.21. The predicted molar refractivity (Wildman–Crippen MR) is 141 cm³/mol. The fourth-order valence-corrected chi connectivity index (χ4v) is 5.72. The molecule has 2 heterocycles. The predicted octanol–water partition coefficient (Wildman–Crippen LogP) is 5.87. The van der Waals surface area contributed by atoms with Gasteiger partial charge in [-0.2, -0.15) is 13.2 Å². The number of rotatable bonds is 4. The first kappa shape index (κ1) is 26.6. The number of benzene rings is 3. The van der Waals surface area contributed by atoms with Crippen LogP contribution >= 0.6 is 0 Å². The lowest BCUT2D eigenvalue weighted by Gasteiger charge is -2.40. The Balaban J connectivity index is 1.37. The summed E-state index contributed by atoms with van der Waals surface area (Å²) >= 11 is 0. The van der Waals surface area contributed by atoms with E-state index < -0.39 is 11.7 Å². The number of carbonyl (C=O) groups excluding carboxylic acids is 2. The Bertz CT molecular complexity index is 1410. The highest BCUT2D eigenvalue weighted by molar-refractivity contribution is 6.09. The molecule has 6 nitrogen and oxygen atoms in total. The van der Waals surface area contributed by atoms with Gasteiger partial charge in [-0.15, -0.1) is 0 Å². The number of aryl methyl sites for hydroxylation is 1. The van der Waals surface area contributed by atoms with E-state index in [4.69, 9.17) is 9.47 Å². The van der Waals surface area contributed by atoms with Crippen molar-refractivity contribution in [3.63, 3.8) is 0 Å². The number of para-hydroxylation sites is 1. The number of hydrogen-bond donors (Lipinski definition) is 0. The van der Waals surface area contributed by atoms with Gasteiger partial charge in [0.1, 0.15) is 0 Å². The molecule has 0 aromatic heterocycles. The highest BCUT2D eigenvalue weighted by Gasteiger charge is 2.47. The van der Waals surface area contributed by atoms with Gasteiger partial charge in [0.05, 0.1) is 19.8 Å². The molecule has 0 unspecified atom stereocenters. The summed E-state index contributed by atoms with van der Waals surface area (Å²) in [5, 5.41) is 0. The third-order valence-corrected chi connectivity index (χ3v) is 7.90.